The third-order valence-corrected chi connectivity index (χ3v) is 4.04. The minimum Gasteiger partial charge on any atom is -0.379 e. The van der Waals surface area contributed by atoms with Gasteiger partial charge in [-0.25, -0.2) is 0 Å². The summed E-state index contributed by atoms with van der Waals surface area (Å²) in [6.45, 7) is 8.76. The van der Waals surface area contributed by atoms with E-state index in [9.17, 15) is 0 Å². The first-order chi connectivity index (χ1) is 8.27. The molecule has 0 aromatic rings. The van der Waals surface area contributed by atoms with E-state index in [1.165, 1.54) is 51.7 Å². The zero-order chi connectivity index (χ0) is 12.1. The lowest BCUT2D eigenvalue weighted by molar-refractivity contribution is 0.0497. The number of hydrogen-bond donors (Lipinski definition) is 1. The number of hydrogen-bond acceptors (Lipinski definition) is 3. The largest absolute Gasteiger partial charge is 0.379 e. The second-order valence-electron chi connectivity index (χ2n) is 5.72. The van der Waals surface area contributed by atoms with Crippen LogP contribution in [0.1, 0.15) is 46.0 Å². The molecule has 0 aromatic heterocycles. The van der Waals surface area contributed by atoms with Crippen molar-refractivity contribution in [1.82, 2.24) is 10.2 Å². The van der Waals surface area contributed by atoms with Gasteiger partial charge in [0.05, 0.1) is 6.10 Å². The maximum atomic E-state index is 5.63. The summed E-state index contributed by atoms with van der Waals surface area (Å²) in [5, 5.41) is 3.69. The second kappa shape index (κ2) is 6.72. The van der Waals surface area contributed by atoms with Crippen LogP contribution in [0.5, 0.6) is 0 Å². The van der Waals surface area contributed by atoms with Crippen molar-refractivity contribution in [2.75, 3.05) is 26.2 Å². The van der Waals surface area contributed by atoms with E-state index in [1.54, 1.807) is 0 Å². The number of rotatable bonds is 5. The van der Waals surface area contributed by atoms with Crippen molar-refractivity contribution < 1.29 is 4.74 Å². The second-order valence-corrected chi connectivity index (χ2v) is 5.72. The lowest BCUT2D eigenvalue weighted by atomic mass is 9.87. The van der Waals surface area contributed by atoms with Crippen LogP contribution in [-0.2, 0) is 4.74 Å². The topological polar surface area (TPSA) is 24.5 Å². The molecule has 1 aliphatic heterocycles. The quantitative estimate of drug-likeness (QED) is 0.744. The molecule has 1 heterocycles. The Morgan fingerprint density at radius 2 is 2.12 bits per heavy atom. The Morgan fingerprint density at radius 3 is 2.94 bits per heavy atom. The number of fused-ring (bicyclic) bond motifs is 1. The summed E-state index contributed by atoms with van der Waals surface area (Å²) < 4.78 is 5.63. The van der Waals surface area contributed by atoms with Gasteiger partial charge in [-0.3, -0.25) is 4.90 Å². The molecule has 0 aromatic carbocycles. The molecule has 2 atom stereocenters. The Balaban J connectivity index is 1.71. The van der Waals surface area contributed by atoms with E-state index in [1.807, 2.05) is 0 Å². The Kier molecular flexibility index (Phi) is 5.26. The van der Waals surface area contributed by atoms with Gasteiger partial charge in [0.15, 0.2) is 0 Å². The van der Waals surface area contributed by atoms with Gasteiger partial charge in [0, 0.05) is 38.3 Å². The summed E-state index contributed by atoms with van der Waals surface area (Å²) >= 11 is 0. The van der Waals surface area contributed by atoms with E-state index in [2.05, 4.69) is 24.1 Å². The minimum absolute atomic E-state index is 0.375. The molecular formula is C14H28N2O. The van der Waals surface area contributed by atoms with Gasteiger partial charge in [0.2, 0.25) is 0 Å². The van der Waals surface area contributed by atoms with E-state index < -0.39 is 0 Å². The van der Waals surface area contributed by atoms with E-state index in [4.69, 9.17) is 4.74 Å². The van der Waals surface area contributed by atoms with Crippen LogP contribution in [0, 0.1) is 0 Å². The summed E-state index contributed by atoms with van der Waals surface area (Å²) in [6.07, 6.45) is 7.16. The summed E-state index contributed by atoms with van der Waals surface area (Å²) in [4.78, 5) is 2.70. The predicted molar refractivity (Wildman–Crippen MR) is 71.3 cm³/mol. The minimum atomic E-state index is 0.375. The van der Waals surface area contributed by atoms with Crippen molar-refractivity contribution in [2.45, 2.75) is 64.1 Å². The molecule has 1 saturated heterocycles. The van der Waals surface area contributed by atoms with Gasteiger partial charge in [0.1, 0.15) is 0 Å². The Bertz CT molecular complexity index is 218. The van der Waals surface area contributed by atoms with E-state index in [0.29, 0.717) is 6.10 Å². The third kappa shape index (κ3) is 3.94. The predicted octanol–water partition coefficient (Wildman–Crippen LogP) is 2.02. The van der Waals surface area contributed by atoms with Crippen LogP contribution in [0.2, 0.25) is 0 Å². The fraction of sp³-hybridized carbons (Fsp3) is 1.00. The highest BCUT2D eigenvalue weighted by Gasteiger charge is 2.32. The molecule has 2 aliphatic rings. The molecule has 2 fully saturated rings. The monoisotopic (exact) mass is 240 g/mol. The van der Waals surface area contributed by atoms with Crippen molar-refractivity contribution in [3.8, 4) is 0 Å². The number of ether oxygens (including phenoxy) is 1. The molecule has 2 rings (SSSR count). The molecule has 3 heteroatoms. The van der Waals surface area contributed by atoms with Gasteiger partial charge >= 0.3 is 0 Å². The molecule has 0 spiro atoms. The van der Waals surface area contributed by atoms with Crippen LogP contribution < -0.4 is 5.32 Å². The lowest BCUT2D eigenvalue weighted by Gasteiger charge is -2.44. The number of nitrogens with one attached hydrogen (secondary N) is 1. The molecule has 1 N–H and O–H groups in total. The average molecular weight is 240 g/mol. The molecular weight excluding hydrogens is 212 g/mol. The molecule has 0 bridgehead atoms. The molecule has 1 saturated carbocycles. The van der Waals surface area contributed by atoms with E-state index >= 15 is 0 Å². The Hall–Kier alpha value is -0.120. The molecule has 3 nitrogen and oxygen atoms in total. The molecule has 100 valence electrons. The number of nitrogens with zero attached hydrogens (tertiary/aromatic N) is 1. The highest BCUT2D eigenvalue weighted by Crippen LogP contribution is 2.25. The Labute approximate surface area is 106 Å². The van der Waals surface area contributed by atoms with Crippen LogP contribution in [0.3, 0.4) is 0 Å². The van der Waals surface area contributed by atoms with Crippen LogP contribution >= 0.6 is 0 Å². The van der Waals surface area contributed by atoms with Crippen molar-refractivity contribution in [2.24, 2.45) is 0 Å². The highest BCUT2D eigenvalue weighted by atomic mass is 16.5. The van der Waals surface area contributed by atoms with Gasteiger partial charge in [0.25, 0.3) is 0 Å². The van der Waals surface area contributed by atoms with Gasteiger partial charge in [-0.2, -0.15) is 0 Å². The van der Waals surface area contributed by atoms with Gasteiger partial charge in [-0.1, -0.05) is 12.8 Å². The first-order valence-electron chi connectivity index (χ1n) is 7.36. The van der Waals surface area contributed by atoms with Crippen molar-refractivity contribution >= 4 is 0 Å². The normalized spacial score (nSPS) is 30.5. The molecule has 17 heavy (non-hydrogen) atoms. The van der Waals surface area contributed by atoms with Gasteiger partial charge in [-0.05, 0) is 33.1 Å². The maximum Gasteiger partial charge on any atom is 0.0518 e. The van der Waals surface area contributed by atoms with Crippen LogP contribution in [0.15, 0.2) is 0 Å². The highest BCUT2D eigenvalue weighted by molar-refractivity contribution is 4.91. The molecule has 0 unspecified atom stereocenters. The fourth-order valence-corrected chi connectivity index (χ4v) is 3.21. The van der Waals surface area contributed by atoms with Crippen molar-refractivity contribution in [3.05, 3.63) is 0 Å². The summed E-state index contributed by atoms with van der Waals surface area (Å²) in [5.74, 6) is 0. The maximum absolute atomic E-state index is 5.63. The SMILES string of the molecule is CC(C)OCCCN1CCN[C@@H]2CCCC[C@H]21. The average Bonchev–Trinajstić information content (AvgIpc) is 2.34. The molecule has 0 radical (unpaired) electrons. The first kappa shape index (κ1) is 13.3. The first-order valence-corrected chi connectivity index (χ1v) is 7.36. The summed E-state index contributed by atoms with van der Waals surface area (Å²) in [5.41, 5.74) is 0. The van der Waals surface area contributed by atoms with Crippen molar-refractivity contribution in [1.29, 1.82) is 0 Å². The summed E-state index contributed by atoms with van der Waals surface area (Å²) in [7, 11) is 0. The van der Waals surface area contributed by atoms with Gasteiger partial charge in [-0.15, -0.1) is 0 Å². The zero-order valence-electron chi connectivity index (χ0n) is 11.5. The van der Waals surface area contributed by atoms with Crippen LogP contribution in [0.25, 0.3) is 0 Å². The standard InChI is InChI=1S/C14H28N2O/c1-12(2)17-11-5-9-16-10-8-15-13-6-3-4-7-14(13)16/h12-15H,3-11H2,1-2H3/t13-,14-/m1/s1. The lowest BCUT2D eigenvalue weighted by Crippen LogP contribution is -2.59. The smallest absolute Gasteiger partial charge is 0.0518 e. The van der Waals surface area contributed by atoms with Crippen LogP contribution in [-0.4, -0.2) is 49.3 Å². The number of piperazine rings is 1. The van der Waals surface area contributed by atoms with Crippen LogP contribution in [0.4, 0.5) is 0 Å². The Morgan fingerprint density at radius 1 is 1.29 bits per heavy atom. The van der Waals surface area contributed by atoms with Gasteiger partial charge < -0.3 is 10.1 Å². The zero-order valence-corrected chi connectivity index (χ0v) is 11.5. The van der Waals surface area contributed by atoms with E-state index in [-0.39, 0.29) is 0 Å². The molecule has 1 aliphatic carbocycles. The molecule has 0 amide bonds. The van der Waals surface area contributed by atoms with E-state index in [0.717, 1.165) is 18.7 Å². The fourth-order valence-electron chi connectivity index (χ4n) is 3.21. The third-order valence-electron chi connectivity index (χ3n) is 4.04. The van der Waals surface area contributed by atoms with Crippen molar-refractivity contribution in [3.63, 3.8) is 0 Å². The summed E-state index contributed by atoms with van der Waals surface area (Å²) in [6, 6.07) is 1.57.